The van der Waals surface area contributed by atoms with Crippen LogP contribution in [0.5, 0.6) is 0 Å². The van der Waals surface area contributed by atoms with E-state index in [2.05, 4.69) is 18.8 Å². The molecule has 4 rings (SSSR count). The molecule has 5 atom stereocenters. The molecule has 2 heterocycles. The minimum Gasteiger partial charge on any atom is -0.387 e. The first-order valence-corrected chi connectivity index (χ1v) is 9.95. The topological polar surface area (TPSA) is 42.4 Å². The molecular formula is C19H27NO2S. The van der Waals surface area contributed by atoms with E-state index in [1.54, 1.807) is 0 Å². The Balaban J connectivity index is 1.56. The van der Waals surface area contributed by atoms with E-state index in [1.807, 2.05) is 36.9 Å². The standard InChI is InChI=1S/C19H27NO2S/c1-4-15(21)13-6-5-7-14(20-13)17-22-16-10-12-8-9-19(16,11-23-17)18(12,2)3/h5-7,12,15-17,21H,4,8-11H2,1-3H3/t12-,15-,16-,17-,19-/m1/s1. The molecule has 1 spiro atoms. The van der Waals surface area contributed by atoms with Crippen molar-refractivity contribution < 1.29 is 9.84 Å². The summed E-state index contributed by atoms with van der Waals surface area (Å²) in [5, 5.41) is 10.0. The molecule has 3 aliphatic rings. The predicted octanol–water partition coefficient (Wildman–Crippen LogP) is 4.48. The van der Waals surface area contributed by atoms with Crippen LogP contribution in [0.2, 0.25) is 0 Å². The second-order valence-electron chi connectivity index (χ2n) is 8.03. The van der Waals surface area contributed by atoms with Crippen molar-refractivity contribution in [1.82, 2.24) is 4.98 Å². The van der Waals surface area contributed by atoms with E-state index in [-0.39, 0.29) is 5.44 Å². The number of aliphatic hydroxyl groups is 1. The Hall–Kier alpha value is -0.580. The first-order valence-electron chi connectivity index (χ1n) is 8.90. The average molecular weight is 333 g/mol. The molecule has 0 amide bonds. The number of nitrogens with zero attached hydrogens (tertiary/aromatic N) is 1. The zero-order valence-corrected chi connectivity index (χ0v) is 15.1. The molecule has 1 aromatic rings. The van der Waals surface area contributed by atoms with Crippen molar-refractivity contribution in [2.45, 2.75) is 64.1 Å². The Labute approximate surface area is 143 Å². The van der Waals surface area contributed by atoms with Crippen LogP contribution in [-0.2, 0) is 4.74 Å². The van der Waals surface area contributed by atoms with Gasteiger partial charge < -0.3 is 9.84 Å². The van der Waals surface area contributed by atoms with Gasteiger partial charge in [-0.2, -0.15) is 0 Å². The lowest BCUT2D eigenvalue weighted by atomic mass is 9.69. The Kier molecular flexibility index (Phi) is 3.78. The van der Waals surface area contributed by atoms with Crippen LogP contribution < -0.4 is 0 Å². The number of hydrogen-bond donors (Lipinski definition) is 1. The highest BCUT2D eigenvalue weighted by Gasteiger charge is 2.66. The zero-order valence-electron chi connectivity index (χ0n) is 14.3. The van der Waals surface area contributed by atoms with Gasteiger partial charge in [0.25, 0.3) is 0 Å². The molecule has 3 fully saturated rings. The van der Waals surface area contributed by atoms with Gasteiger partial charge in [0, 0.05) is 11.2 Å². The van der Waals surface area contributed by atoms with Crippen molar-refractivity contribution in [3.05, 3.63) is 29.6 Å². The maximum absolute atomic E-state index is 10.0. The summed E-state index contributed by atoms with van der Waals surface area (Å²) >= 11 is 1.91. The zero-order chi connectivity index (χ0) is 16.2. The van der Waals surface area contributed by atoms with E-state index in [9.17, 15) is 5.11 Å². The SMILES string of the molecule is CC[C@@H](O)c1cccc([C@@H]2O[C@@H]3C[C@H]4CC[C@]3(CS2)C4(C)C)n1. The van der Waals surface area contributed by atoms with Gasteiger partial charge in [0.05, 0.1) is 23.6 Å². The number of aliphatic hydroxyl groups excluding tert-OH is 1. The van der Waals surface area contributed by atoms with Crippen molar-refractivity contribution >= 4 is 11.8 Å². The van der Waals surface area contributed by atoms with Gasteiger partial charge >= 0.3 is 0 Å². The van der Waals surface area contributed by atoms with Gasteiger partial charge in [0.1, 0.15) is 5.44 Å². The normalized spacial score (nSPS) is 39.2. The van der Waals surface area contributed by atoms with Crippen molar-refractivity contribution in [3.63, 3.8) is 0 Å². The summed E-state index contributed by atoms with van der Waals surface area (Å²) in [6, 6.07) is 5.95. The third-order valence-corrected chi connectivity index (χ3v) is 8.24. The molecule has 0 radical (unpaired) electrons. The van der Waals surface area contributed by atoms with Gasteiger partial charge in [0.2, 0.25) is 0 Å². The Morgan fingerprint density at radius 2 is 2.26 bits per heavy atom. The Morgan fingerprint density at radius 1 is 1.43 bits per heavy atom. The molecule has 2 saturated carbocycles. The number of pyridine rings is 1. The average Bonchev–Trinajstić information content (AvgIpc) is 2.95. The largest absolute Gasteiger partial charge is 0.387 e. The molecule has 2 aliphatic carbocycles. The van der Waals surface area contributed by atoms with Crippen molar-refractivity contribution in [1.29, 1.82) is 0 Å². The molecule has 1 N–H and O–H groups in total. The van der Waals surface area contributed by atoms with E-state index in [0.29, 0.717) is 23.4 Å². The van der Waals surface area contributed by atoms with Gasteiger partial charge in [0.15, 0.2) is 0 Å². The number of hydrogen-bond acceptors (Lipinski definition) is 4. The highest BCUT2D eigenvalue weighted by Crippen LogP contribution is 2.70. The van der Waals surface area contributed by atoms with Crippen LogP contribution in [0.1, 0.15) is 69.4 Å². The molecule has 0 aromatic carbocycles. The van der Waals surface area contributed by atoms with Gasteiger partial charge in [-0.1, -0.05) is 26.8 Å². The highest BCUT2D eigenvalue weighted by molar-refractivity contribution is 7.99. The molecule has 3 nitrogen and oxygen atoms in total. The maximum atomic E-state index is 10.0. The lowest BCUT2D eigenvalue weighted by Crippen LogP contribution is -2.45. The van der Waals surface area contributed by atoms with Gasteiger partial charge in [-0.15, -0.1) is 11.8 Å². The molecule has 2 bridgehead atoms. The summed E-state index contributed by atoms with van der Waals surface area (Å²) in [5.74, 6) is 1.99. The summed E-state index contributed by atoms with van der Waals surface area (Å²) in [7, 11) is 0. The molecule has 0 unspecified atom stereocenters. The minimum atomic E-state index is -0.476. The van der Waals surface area contributed by atoms with E-state index in [4.69, 9.17) is 4.74 Å². The van der Waals surface area contributed by atoms with Crippen LogP contribution in [0.15, 0.2) is 18.2 Å². The monoisotopic (exact) mass is 333 g/mol. The molecule has 1 aromatic heterocycles. The van der Waals surface area contributed by atoms with Crippen LogP contribution in [0.25, 0.3) is 0 Å². The van der Waals surface area contributed by atoms with Crippen LogP contribution in [0.3, 0.4) is 0 Å². The Morgan fingerprint density at radius 3 is 3.00 bits per heavy atom. The number of fused-ring (bicyclic) bond motifs is 1. The molecule has 23 heavy (non-hydrogen) atoms. The third-order valence-electron chi connectivity index (χ3n) is 6.90. The summed E-state index contributed by atoms with van der Waals surface area (Å²) in [6.07, 6.45) is 4.49. The van der Waals surface area contributed by atoms with Crippen LogP contribution in [-0.4, -0.2) is 21.9 Å². The van der Waals surface area contributed by atoms with Crippen LogP contribution >= 0.6 is 11.8 Å². The van der Waals surface area contributed by atoms with E-state index in [1.165, 1.54) is 25.0 Å². The Bertz CT molecular complexity index is 605. The summed E-state index contributed by atoms with van der Waals surface area (Å²) in [6.45, 7) is 6.88. The predicted molar refractivity (Wildman–Crippen MR) is 93.1 cm³/mol. The molecule has 1 saturated heterocycles. The maximum Gasteiger partial charge on any atom is 0.145 e. The number of aromatic nitrogens is 1. The third kappa shape index (κ3) is 2.21. The van der Waals surface area contributed by atoms with E-state index >= 15 is 0 Å². The summed E-state index contributed by atoms with van der Waals surface area (Å²) in [5.41, 5.74) is 2.52. The van der Waals surface area contributed by atoms with Gasteiger partial charge in [-0.05, 0) is 49.1 Å². The van der Waals surface area contributed by atoms with E-state index < -0.39 is 6.10 Å². The van der Waals surface area contributed by atoms with Crippen molar-refractivity contribution in [2.24, 2.45) is 16.7 Å². The quantitative estimate of drug-likeness (QED) is 0.885. The second-order valence-corrected chi connectivity index (χ2v) is 9.08. The fraction of sp³-hybridized carbons (Fsp3) is 0.737. The second kappa shape index (κ2) is 5.47. The van der Waals surface area contributed by atoms with Crippen molar-refractivity contribution in [3.8, 4) is 0 Å². The number of ether oxygens (including phenoxy) is 1. The number of thioether (sulfide) groups is 1. The first-order chi connectivity index (χ1) is 11.0. The fourth-order valence-electron chi connectivity index (χ4n) is 5.09. The van der Waals surface area contributed by atoms with Crippen molar-refractivity contribution in [2.75, 3.05) is 5.75 Å². The van der Waals surface area contributed by atoms with Crippen LogP contribution in [0.4, 0.5) is 0 Å². The lowest BCUT2D eigenvalue weighted by molar-refractivity contribution is -0.0681. The van der Waals surface area contributed by atoms with Gasteiger partial charge in [-0.3, -0.25) is 4.98 Å². The molecule has 126 valence electrons. The lowest BCUT2D eigenvalue weighted by Gasteiger charge is -2.47. The fourth-order valence-corrected chi connectivity index (χ4v) is 6.76. The smallest absolute Gasteiger partial charge is 0.145 e. The first kappa shape index (κ1) is 15.9. The summed E-state index contributed by atoms with van der Waals surface area (Å²) in [4.78, 5) is 4.68. The summed E-state index contributed by atoms with van der Waals surface area (Å²) < 4.78 is 6.54. The van der Waals surface area contributed by atoms with Crippen LogP contribution in [0, 0.1) is 16.7 Å². The number of rotatable bonds is 3. The van der Waals surface area contributed by atoms with Gasteiger partial charge in [-0.25, -0.2) is 0 Å². The highest BCUT2D eigenvalue weighted by atomic mass is 32.2. The minimum absolute atomic E-state index is 0.0183. The molecular weight excluding hydrogens is 306 g/mol. The molecule has 4 heteroatoms. The molecule has 1 aliphatic heterocycles. The van der Waals surface area contributed by atoms with E-state index in [0.717, 1.165) is 17.3 Å².